The van der Waals surface area contributed by atoms with Crippen molar-refractivity contribution in [3.05, 3.63) is 0 Å². The first kappa shape index (κ1) is 13.5. The Labute approximate surface area is 99.4 Å². The maximum atomic E-state index is 11.8. The predicted molar refractivity (Wildman–Crippen MR) is 67.3 cm³/mol. The van der Waals surface area contributed by atoms with Crippen molar-refractivity contribution in [3.63, 3.8) is 0 Å². The maximum Gasteiger partial charge on any atom is 0.224 e. The fourth-order valence-corrected chi connectivity index (χ4v) is 2.14. The summed E-state index contributed by atoms with van der Waals surface area (Å²) in [4.78, 5) is 11.8. The van der Waals surface area contributed by atoms with Crippen LogP contribution in [0.2, 0.25) is 0 Å². The van der Waals surface area contributed by atoms with Crippen LogP contribution in [0.5, 0.6) is 0 Å². The normalized spacial score (nSPS) is 22.4. The lowest BCUT2D eigenvalue weighted by atomic mass is 10.0. The van der Waals surface area contributed by atoms with Crippen LogP contribution in [0.4, 0.5) is 0 Å². The summed E-state index contributed by atoms with van der Waals surface area (Å²) < 4.78 is 0. The molecule has 2 N–H and O–H groups in total. The van der Waals surface area contributed by atoms with Gasteiger partial charge in [-0.3, -0.25) is 4.79 Å². The topological polar surface area (TPSA) is 41.1 Å². The molecule has 2 unspecified atom stereocenters. The zero-order valence-corrected chi connectivity index (χ0v) is 10.9. The van der Waals surface area contributed by atoms with Gasteiger partial charge in [0.15, 0.2) is 0 Å². The van der Waals surface area contributed by atoms with Gasteiger partial charge in [-0.1, -0.05) is 26.7 Å². The Morgan fingerprint density at radius 2 is 2.12 bits per heavy atom. The van der Waals surface area contributed by atoms with Crippen molar-refractivity contribution in [2.75, 3.05) is 13.1 Å². The van der Waals surface area contributed by atoms with Gasteiger partial charge in [0.1, 0.15) is 0 Å². The first-order chi connectivity index (χ1) is 7.59. The van der Waals surface area contributed by atoms with Crippen LogP contribution >= 0.6 is 0 Å². The lowest BCUT2D eigenvalue weighted by Crippen LogP contribution is -2.38. The summed E-state index contributed by atoms with van der Waals surface area (Å²) in [5.41, 5.74) is 0. The van der Waals surface area contributed by atoms with Crippen molar-refractivity contribution in [3.8, 4) is 0 Å². The molecule has 3 nitrogen and oxygen atoms in total. The van der Waals surface area contributed by atoms with Crippen LogP contribution in [-0.2, 0) is 4.79 Å². The third-order valence-electron chi connectivity index (χ3n) is 3.24. The molecule has 0 aromatic carbocycles. The van der Waals surface area contributed by atoms with Crippen molar-refractivity contribution in [1.29, 1.82) is 0 Å². The molecule has 0 aromatic rings. The summed E-state index contributed by atoms with van der Waals surface area (Å²) in [5, 5.41) is 6.34. The van der Waals surface area contributed by atoms with Gasteiger partial charge in [0.25, 0.3) is 0 Å². The van der Waals surface area contributed by atoms with Crippen LogP contribution in [0.25, 0.3) is 0 Å². The fourth-order valence-electron chi connectivity index (χ4n) is 2.14. The molecular weight excluding hydrogens is 200 g/mol. The standard InChI is InChI=1S/C13H26N2O/c1-10(2)5-4-6-11(3)15-13(16)12-7-8-14-9-12/h10-12,14H,4-9H2,1-3H3,(H,15,16). The molecule has 1 heterocycles. The van der Waals surface area contributed by atoms with Crippen LogP contribution in [0, 0.1) is 11.8 Å². The Kier molecular flexibility index (Phi) is 5.81. The minimum atomic E-state index is 0.201. The SMILES string of the molecule is CC(C)CCCC(C)NC(=O)C1CCNC1. The number of amides is 1. The molecular formula is C13H26N2O. The van der Waals surface area contributed by atoms with Gasteiger partial charge in [-0.15, -0.1) is 0 Å². The Hall–Kier alpha value is -0.570. The largest absolute Gasteiger partial charge is 0.353 e. The molecule has 1 rings (SSSR count). The number of hydrogen-bond acceptors (Lipinski definition) is 2. The van der Waals surface area contributed by atoms with Crippen molar-refractivity contribution < 1.29 is 4.79 Å². The van der Waals surface area contributed by atoms with E-state index >= 15 is 0 Å². The van der Waals surface area contributed by atoms with Gasteiger partial charge in [-0.25, -0.2) is 0 Å². The van der Waals surface area contributed by atoms with Crippen LogP contribution in [0.3, 0.4) is 0 Å². The Bertz CT molecular complexity index is 210. The summed E-state index contributed by atoms with van der Waals surface area (Å²) in [6.45, 7) is 8.44. The maximum absolute atomic E-state index is 11.8. The van der Waals surface area contributed by atoms with E-state index in [2.05, 4.69) is 31.4 Å². The highest BCUT2D eigenvalue weighted by Gasteiger charge is 2.23. The average molecular weight is 226 g/mol. The number of hydrogen-bond donors (Lipinski definition) is 2. The molecule has 0 bridgehead atoms. The van der Waals surface area contributed by atoms with Crippen LogP contribution in [-0.4, -0.2) is 25.0 Å². The molecule has 0 saturated carbocycles. The summed E-state index contributed by atoms with van der Waals surface area (Å²) in [7, 11) is 0. The molecule has 0 radical (unpaired) electrons. The number of carbonyl (C=O) groups excluding carboxylic acids is 1. The second-order valence-corrected chi connectivity index (χ2v) is 5.42. The first-order valence-corrected chi connectivity index (χ1v) is 6.60. The zero-order valence-electron chi connectivity index (χ0n) is 10.9. The van der Waals surface area contributed by atoms with E-state index in [4.69, 9.17) is 0 Å². The van der Waals surface area contributed by atoms with Gasteiger partial charge in [0.05, 0.1) is 5.92 Å². The first-order valence-electron chi connectivity index (χ1n) is 6.60. The van der Waals surface area contributed by atoms with Crippen LogP contribution in [0.15, 0.2) is 0 Å². The van der Waals surface area contributed by atoms with Crippen molar-refractivity contribution in [1.82, 2.24) is 10.6 Å². The minimum Gasteiger partial charge on any atom is -0.353 e. The van der Waals surface area contributed by atoms with Gasteiger partial charge >= 0.3 is 0 Å². The van der Waals surface area contributed by atoms with Gasteiger partial charge in [0.2, 0.25) is 5.91 Å². The molecule has 1 aliphatic heterocycles. The lowest BCUT2D eigenvalue weighted by Gasteiger charge is -2.17. The van der Waals surface area contributed by atoms with Crippen molar-refractivity contribution in [2.45, 2.75) is 52.5 Å². The van der Waals surface area contributed by atoms with Crippen molar-refractivity contribution >= 4 is 5.91 Å². The molecule has 2 atom stereocenters. The molecule has 0 aromatic heterocycles. The predicted octanol–water partition coefficient (Wildman–Crippen LogP) is 1.93. The van der Waals surface area contributed by atoms with E-state index in [1.54, 1.807) is 0 Å². The van der Waals surface area contributed by atoms with E-state index in [0.717, 1.165) is 31.8 Å². The van der Waals surface area contributed by atoms with E-state index in [9.17, 15) is 4.79 Å². The molecule has 1 aliphatic rings. The highest BCUT2D eigenvalue weighted by atomic mass is 16.2. The molecule has 0 spiro atoms. The molecule has 1 fully saturated rings. The molecule has 0 aliphatic carbocycles. The Morgan fingerprint density at radius 3 is 2.69 bits per heavy atom. The molecule has 1 saturated heterocycles. The van der Waals surface area contributed by atoms with Gasteiger partial charge < -0.3 is 10.6 Å². The van der Waals surface area contributed by atoms with E-state index in [0.29, 0.717) is 6.04 Å². The monoisotopic (exact) mass is 226 g/mol. The minimum absolute atomic E-state index is 0.201. The van der Waals surface area contributed by atoms with E-state index in [1.165, 1.54) is 12.8 Å². The Morgan fingerprint density at radius 1 is 1.38 bits per heavy atom. The summed E-state index contributed by atoms with van der Waals surface area (Å²) in [6.07, 6.45) is 4.56. The van der Waals surface area contributed by atoms with Crippen LogP contribution in [0.1, 0.15) is 46.5 Å². The Balaban J connectivity index is 2.12. The van der Waals surface area contributed by atoms with E-state index in [1.807, 2.05) is 0 Å². The molecule has 1 amide bonds. The highest BCUT2D eigenvalue weighted by Crippen LogP contribution is 2.11. The highest BCUT2D eigenvalue weighted by molar-refractivity contribution is 5.79. The molecule has 16 heavy (non-hydrogen) atoms. The average Bonchev–Trinajstić information content (AvgIpc) is 2.69. The zero-order chi connectivity index (χ0) is 12.0. The van der Waals surface area contributed by atoms with E-state index in [-0.39, 0.29) is 11.8 Å². The second kappa shape index (κ2) is 6.89. The second-order valence-electron chi connectivity index (χ2n) is 5.42. The third kappa shape index (κ3) is 4.97. The van der Waals surface area contributed by atoms with Gasteiger partial charge in [-0.2, -0.15) is 0 Å². The summed E-state index contributed by atoms with van der Waals surface area (Å²) in [5.74, 6) is 1.21. The summed E-state index contributed by atoms with van der Waals surface area (Å²) in [6, 6.07) is 0.326. The van der Waals surface area contributed by atoms with Gasteiger partial charge in [-0.05, 0) is 32.2 Å². The lowest BCUT2D eigenvalue weighted by molar-refractivity contribution is -0.125. The summed E-state index contributed by atoms with van der Waals surface area (Å²) >= 11 is 0. The third-order valence-corrected chi connectivity index (χ3v) is 3.24. The smallest absolute Gasteiger partial charge is 0.224 e. The number of carbonyl (C=O) groups is 1. The quantitative estimate of drug-likeness (QED) is 0.726. The fraction of sp³-hybridized carbons (Fsp3) is 0.923. The number of nitrogens with one attached hydrogen (secondary N) is 2. The van der Waals surface area contributed by atoms with Crippen LogP contribution < -0.4 is 10.6 Å². The van der Waals surface area contributed by atoms with Crippen molar-refractivity contribution in [2.24, 2.45) is 11.8 Å². The van der Waals surface area contributed by atoms with E-state index < -0.39 is 0 Å². The molecule has 3 heteroatoms. The molecule has 94 valence electrons. The number of rotatable bonds is 6. The van der Waals surface area contributed by atoms with Gasteiger partial charge in [0, 0.05) is 12.6 Å².